The first kappa shape index (κ1) is 23.3. The van der Waals surface area contributed by atoms with Gasteiger partial charge in [0.25, 0.3) is 0 Å². The molecule has 0 aliphatic rings. The van der Waals surface area contributed by atoms with Gasteiger partial charge in [-0.1, -0.05) is 18.2 Å². The van der Waals surface area contributed by atoms with Crippen molar-refractivity contribution in [1.29, 1.82) is 0 Å². The van der Waals surface area contributed by atoms with Gasteiger partial charge < -0.3 is 35.9 Å². The number of H-pyrrole nitrogens is 1. The molecule has 0 saturated carbocycles. The van der Waals surface area contributed by atoms with Gasteiger partial charge in [0.2, 0.25) is 11.9 Å². The number of anilines is 4. The lowest BCUT2D eigenvalue weighted by molar-refractivity contribution is -0.240. The van der Waals surface area contributed by atoms with Gasteiger partial charge in [-0.15, -0.1) is 0 Å². The molecular formula is C24H29N7O3. The van der Waals surface area contributed by atoms with Crippen LogP contribution in [0.1, 0.15) is 0 Å². The molecule has 0 spiro atoms. The van der Waals surface area contributed by atoms with Gasteiger partial charge >= 0.3 is 0 Å². The van der Waals surface area contributed by atoms with Gasteiger partial charge in [-0.05, 0) is 32.3 Å². The molecule has 4 aromatic rings. The van der Waals surface area contributed by atoms with Crippen LogP contribution in [0.25, 0.3) is 22.2 Å². The summed E-state index contributed by atoms with van der Waals surface area (Å²) in [6.07, 6.45) is 3.61. The first-order valence-electron chi connectivity index (χ1n) is 10.7. The SMILES string of the molecule is COc1cc(N(C)CC(O)(O)N(C)C)c(N)cc1Nc1nccc(-c2c[nH]c3ccccc23)n1. The van der Waals surface area contributed by atoms with Crippen LogP contribution in [0.2, 0.25) is 0 Å². The minimum absolute atomic E-state index is 0.0874. The molecule has 10 nitrogen and oxygen atoms in total. The molecule has 178 valence electrons. The van der Waals surface area contributed by atoms with E-state index in [4.69, 9.17) is 10.5 Å². The van der Waals surface area contributed by atoms with E-state index >= 15 is 0 Å². The highest BCUT2D eigenvalue weighted by Crippen LogP contribution is 2.37. The van der Waals surface area contributed by atoms with Crippen LogP contribution in [-0.2, 0) is 0 Å². The molecule has 0 saturated heterocycles. The second-order valence-electron chi connectivity index (χ2n) is 8.27. The Hall–Kier alpha value is -3.86. The molecule has 0 atom stereocenters. The standard InChI is InChI=1S/C24H29N7O3/c1-30(2)24(32,33)14-31(3)21-12-22(34-4)20(11-17(21)25)29-23-26-10-9-19(28-23)16-13-27-18-8-6-5-7-15(16)18/h5-13,27,32-33H,14,25H2,1-4H3,(H,26,28,29). The summed E-state index contributed by atoms with van der Waals surface area (Å²) in [4.78, 5) is 15.2. The zero-order chi connectivity index (χ0) is 24.5. The van der Waals surface area contributed by atoms with E-state index in [0.717, 1.165) is 22.2 Å². The number of ether oxygens (including phenoxy) is 1. The van der Waals surface area contributed by atoms with Crippen molar-refractivity contribution in [3.05, 3.63) is 54.9 Å². The molecule has 0 aliphatic carbocycles. The molecule has 10 heteroatoms. The maximum atomic E-state index is 10.2. The number of nitrogens with one attached hydrogen (secondary N) is 2. The Balaban J connectivity index is 1.62. The van der Waals surface area contributed by atoms with Gasteiger partial charge in [0.05, 0.1) is 36.4 Å². The number of rotatable bonds is 8. The number of aromatic amines is 1. The summed E-state index contributed by atoms with van der Waals surface area (Å²) < 4.78 is 5.56. The highest BCUT2D eigenvalue weighted by atomic mass is 16.5. The van der Waals surface area contributed by atoms with Crippen LogP contribution >= 0.6 is 0 Å². The van der Waals surface area contributed by atoms with Crippen LogP contribution in [0.4, 0.5) is 23.0 Å². The third-order valence-electron chi connectivity index (χ3n) is 5.69. The average molecular weight is 464 g/mol. The van der Waals surface area contributed by atoms with E-state index in [2.05, 4.69) is 20.3 Å². The van der Waals surface area contributed by atoms with Crippen LogP contribution in [0.15, 0.2) is 54.9 Å². The quantitative estimate of drug-likeness (QED) is 0.197. The van der Waals surface area contributed by atoms with Gasteiger partial charge in [0.15, 0.2) is 0 Å². The minimum Gasteiger partial charge on any atom is -0.494 e. The number of benzene rings is 2. The molecule has 0 radical (unpaired) electrons. The van der Waals surface area contributed by atoms with Crippen molar-refractivity contribution < 1.29 is 14.9 Å². The second kappa shape index (κ2) is 9.18. The molecule has 2 aromatic carbocycles. The van der Waals surface area contributed by atoms with E-state index in [-0.39, 0.29) is 6.54 Å². The van der Waals surface area contributed by atoms with Crippen LogP contribution < -0.4 is 20.7 Å². The average Bonchev–Trinajstić information content (AvgIpc) is 3.23. The molecule has 6 N–H and O–H groups in total. The summed E-state index contributed by atoms with van der Waals surface area (Å²) in [6.45, 7) is -0.0874. The van der Waals surface area contributed by atoms with Crippen molar-refractivity contribution in [2.24, 2.45) is 0 Å². The Labute approximate surface area is 197 Å². The van der Waals surface area contributed by atoms with Gasteiger partial charge in [-0.3, -0.25) is 4.90 Å². The molecular weight excluding hydrogens is 434 g/mol. The zero-order valence-electron chi connectivity index (χ0n) is 19.6. The summed E-state index contributed by atoms with van der Waals surface area (Å²) in [5, 5.41) is 24.7. The monoisotopic (exact) mass is 463 g/mol. The highest BCUT2D eigenvalue weighted by molar-refractivity contribution is 5.94. The first-order valence-corrected chi connectivity index (χ1v) is 10.7. The van der Waals surface area contributed by atoms with Crippen molar-refractivity contribution in [3.8, 4) is 17.0 Å². The molecule has 0 bridgehead atoms. The van der Waals surface area contributed by atoms with Crippen LogP contribution in [0.3, 0.4) is 0 Å². The van der Waals surface area contributed by atoms with E-state index < -0.39 is 5.91 Å². The maximum absolute atomic E-state index is 10.2. The normalized spacial score (nSPS) is 11.7. The number of aliphatic hydroxyl groups is 2. The predicted octanol–water partition coefficient (Wildman–Crippen LogP) is 2.60. The summed E-state index contributed by atoms with van der Waals surface area (Å²) in [7, 11) is 6.42. The number of nitrogens with zero attached hydrogens (tertiary/aromatic N) is 4. The first-order chi connectivity index (χ1) is 16.2. The lowest BCUT2D eigenvalue weighted by atomic mass is 10.1. The number of methoxy groups -OCH3 is 1. The van der Waals surface area contributed by atoms with Crippen LogP contribution in [0, 0.1) is 0 Å². The van der Waals surface area contributed by atoms with Crippen molar-refractivity contribution in [2.75, 3.05) is 50.7 Å². The zero-order valence-corrected chi connectivity index (χ0v) is 19.6. The van der Waals surface area contributed by atoms with E-state index in [9.17, 15) is 10.2 Å². The molecule has 0 amide bonds. The fraction of sp³-hybridized carbons (Fsp3) is 0.250. The van der Waals surface area contributed by atoms with Crippen LogP contribution in [-0.4, -0.2) is 70.8 Å². The largest absolute Gasteiger partial charge is 0.494 e. The number of aromatic nitrogens is 3. The van der Waals surface area contributed by atoms with Crippen molar-refractivity contribution in [2.45, 2.75) is 5.91 Å². The Morgan fingerprint density at radius 1 is 1.15 bits per heavy atom. The van der Waals surface area contributed by atoms with Crippen LogP contribution in [0.5, 0.6) is 5.75 Å². The number of nitrogens with two attached hydrogens (primary N) is 1. The van der Waals surface area contributed by atoms with E-state index in [0.29, 0.717) is 28.8 Å². The van der Waals surface area contributed by atoms with E-state index in [1.165, 1.54) is 4.90 Å². The fourth-order valence-corrected chi connectivity index (χ4v) is 3.70. The second-order valence-corrected chi connectivity index (χ2v) is 8.27. The lowest BCUT2D eigenvalue weighted by Crippen LogP contribution is -2.52. The minimum atomic E-state index is -2.03. The molecule has 34 heavy (non-hydrogen) atoms. The molecule has 0 aliphatic heterocycles. The molecule has 2 heterocycles. The maximum Gasteiger partial charge on any atom is 0.242 e. The predicted molar refractivity (Wildman–Crippen MR) is 134 cm³/mol. The smallest absolute Gasteiger partial charge is 0.242 e. The van der Waals surface area contributed by atoms with Crippen molar-refractivity contribution in [1.82, 2.24) is 19.9 Å². The van der Waals surface area contributed by atoms with Gasteiger partial charge in [-0.25, -0.2) is 9.97 Å². The molecule has 2 aromatic heterocycles. The van der Waals surface area contributed by atoms with Crippen molar-refractivity contribution >= 4 is 33.9 Å². The van der Waals surface area contributed by atoms with E-state index in [1.54, 1.807) is 51.5 Å². The fourth-order valence-electron chi connectivity index (χ4n) is 3.70. The number of hydrogen-bond donors (Lipinski definition) is 5. The summed E-state index contributed by atoms with van der Waals surface area (Å²) in [5.41, 5.74) is 10.7. The number of fused-ring (bicyclic) bond motifs is 1. The number of likely N-dealkylation sites (N-methyl/N-ethyl adjacent to an activating group) is 2. The van der Waals surface area contributed by atoms with Gasteiger partial charge in [0, 0.05) is 42.0 Å². The Kier molecular flexibility index (Phi) is 6.29. The van der Waals surface area contributed by atoms with Crippen molar-refractivity contribution in [3.63, 3.8) is 0 Å². The Morgan fingerprint density at radius 2 is 1.91 bits per heavy atom. The summed E-state index contributed by atoms with van der Waals surface area (Å²) in [6, 6.07) is 13.3. The third-order valence-corrected chi connectivity index (χ3v) is 5.69. The van der Waals surface area contributed by atoms with E-state index in [1.807, 2.05) is 36.5 Å². The van der Waals surface area contributed by atoms with Gasteiger partial charge in [-0.2, -0.15) is 0 Å². The third kappa shape index (κ3) is 4.60. The number of para-hydroxylation sites is 1. The topological polar surface area (TPSA) is 136 Å². The molecule has 0 fully saturated rings. The highest BCUT2D eigenvalue weighted by Gasteiger charge is 2.29. The Morgan fingerprint density at radius 3 is 2.65 bits per heavy atom. The number of nitrogen functional groups attached to an aromatic ring is 1. The number of hydrogen-bond acceptors (Lipinski definition) is 9. The summed E-state index contributed by atoms with van der Waals surface area (Å²) >= 11 is 0. The Bertz CT molecular complexity index is 1300. The lowest BCUT2D eigenvalue weighted by Gasteiger charge is -2.34. The summed E-state index contributed by atoms with van der Waals surface area (Å²) in [5.74, 6) is -1.13. The van der Waals surface area contributed by atoms with Gasteiger partial charge in [0.1, 0.15) is 5.75 Å². The molecule has 4 rings (SSSR count). The molecule has 0 unspecified atom stereocenters.